The minimum absolute atomic E-state index is 0.0713. The molecule has 0 spiro atoms. The molecule has 1 fully saturated rings. The maximum atomic E-state index is 12.6. The van der Waals surface area contributed by atoms with Gasteiger partial charge >= 0.3 is 5.97 Å². The first-order valence-corrected chi connectivity index (χ1v) is 8.79. The fourth-order valence-corrected chi connectivity index (χ4v) is 3.60. The molecule has 0 aromatic heterocycles. The number of thioether (sulfide) groups is 1. The number of hydrogen-bond acceptors (Lipinski definition) is 6. The van der Waals surface area contributed by atoms with Crippen molar-refractivity contribution in [3.8, 4) is 5.75 Å². The van der Waals surface area contributed by atoms with Crippen molar-refractivity contribution in [3.05, 3.63) is 64.6 Å². The van der Waals surface area contributed by atoms with Gasteiger partial charge < -0.3 is 15.5 Å². The van der Waals surface area contributed by atoms with Crippen LogP contribution in [0.3, 0.4) is 0 Å². The molecule has 1 aliphatic rings. The van der Waals surface area contributed by atoms with E-state index in [0.29, 0.717) is 14.9 Å². The number of carboxylic acids is 1. The van der Waals surface area contributed by atoms with Crippen molar-refractivity contribution in [2.45, 2.75) is 0 Å². The number of rotatable bonds is 5. The number of aromatic hydroxyl groups is 1. The standard InChI is InChI=1S/C18H14N2O4S2/c21-12-7-5-11(6-8-12)9-15-16(22)20(18(25)26-15)10-19-14-4-2-1-3-13(14)17(23)24/h1-9,19,21H,10H2,(H,23,24)/b15-9+. The van der Waals surface area contributed by atoms with Crippen LogP contribution in [-0.2, 0) is 4.79 Å². The lowest BCUT2D eigenvalue weighted by molar-refractivity contribution is -0.121. The zero-order chi connectivity index (χ0) is 18.7. The number of phenols is 1. The van der Waals surface area contributed by atoms with Gasteiger partial charge in [0.2, 0.25) is 0 Å². The molecule has 0 unspecified atom stereocenters. The smallest absolute Gasteiger partial charge is 0.337 e. The monoisotopic (exact) mass is 386 g/mol. The lowest BCUT2D eigenvalue weighted by Crippen LogP contribution is -2.33. The van der Waals surface area contributed by atoms with Crippen molar-refractivity contribution >= 4 is 51.9 Å². The normalized spacial score (nSPS) is 15.5. The summed E-state index contributed by atoms with van der Waals surface area (Å²) in [6.07, 6.45) is 1.70. The van der Waals surface area contributed by atoms with E-state index in [1.165, 1.54) is 34.9 Å². The Hall–Kier alpha value is -2.84. The molecule has 1 heterocycles. The Morgan fingerprint density at radius 3 is 2.58 bits per heavy atom. The van der Waals surface area contributed by atoms with Crippen LogP contribution in [0.4, 0.5) is 5.69 Å². The number of carboxylic acid groups (broad SMARTS) is 1. The summed E-state index contributed by atoms with van der Waals surface area (Å²) in [5, 5.41) is 21.5. The molecule has 3 N–H and O–H groups in total. The van der Waals surface area contributed by atoms with E-state index < -0.39 is 5.97 Å². The molecule has 26 heavy (non-hydrogen) atoms. The predicted molar refractivity (Wildman–Crippen MR) is 105 cm³/mol. The van der Waals surface area contributed by atoms with Crippen LogP contribution in [0.5, 0.6) is 5.75 Å². The molecule has 1 aliphatic heterocycles. The highest BCUT2D eigenvalue weighted by molar-refractivity contribution is 8.26. The molecule has 2 aromatic rings. The second-order valence-electron chi connectivity index (χ2n) is 5.39. The van der Waals surface area contributed by atoms with Gasteiger partial charge in [-0.15, -0.1) is 0 Å². The summed E-state index contributed by atoms with van der Waals surface area (Å²) in [6.45, 7) is 0.0713. The van der Waals surface area contributed by atoms with Gasteiger partial charge in [0.05, 0.1) is 22.8 Å². The van der Waals surface area contributed by atoms with Crippen LogP contribution < -0.4 is 5.32 Å². The topological polar surface area (TPSA) is 89.9 Å². The summed E-state index contributed by atoms with van der Waals surface area (Å²) in [7, 11) is 0. The average Bonchev–Trinajstić information content (AvgIpc) is 2.88. The zero-order valence-corrected chi connectivity index (χ0v) is 15.0. The molecular formula is C18H14N2O4S2. The maximum Gasteiger partial charge on any atom is 0.337 e. The second kappa shape index (κ2) is 7.59. The number of aromatic carboxylic acids is 1. The first-order chi connectivity index (χ1) is 12.5. The fraction of sp³-hybridized carbons (Fsp3) is 0.0556. The van der Waals surface area contributed by atoms with Crippen LogP contribution in [0.25, 0.3) is 6.08 Å². The summed E-state index contributed by atoms with van der Waals surface area (Å²) in [4.78, 5) is 25.7. The van der Waals surface area contributed by atoms with E-state index in [0.717, 1.165) is 5.56 Å². The van der Waals surface area contributed by atoms with Gasteiger partial charge in [-0.3, -0.25) is 9.69 Å². The fourth-order valence-electron chi connectivity index (χ4n) is 2.35. The number of thiocarbonyl (C=S) groups is 1. The minimum atomic E-state index is -1.05. The van der Waals surface area contributed by atoms with Crippen LogP contribution in [-0.4, -0.2) is 38.0 Å². The molecule has 0 saturated carbocycles. The molecule has 1 amide bonds. The summed E-state index contributed by atoms with van der Waals surface area (Å²) in [5.41, 5.74) is 1.31. The Kier molecular flexibility index (Phi) is 5.24. The Labute approximate surface area is 159 Å². The highest BCUT2D eigenvalue weighted by Crippen LogP contribution is 2.32. The van der Waals surface area contributed by atoms with Gasteiger partial charge in [0.1, 0.15) is 10.1 Å². The first-order valence-electron chi connectivity index (χ1n) is 7.56. The van der Waals surface area contributed by atoms with Crippen molar-refractivity contribution in [1.82, 2.24) is 4.90 Å². The number of nitrogens with zero attached hydrogens (tertiary/aromatic N) is 1. The van der Waals surface area contributed by atoms with E-state index in [9.17, 15) is 19.8 Å². The third-order valence-corrected chi connectivity index (χ3v) is 5.03. The lowest BCUT2D eigenvalue weighted by atomic mass is 10.2. The van der Waals surface area contributed by atoms with Crippen LogP contribution in [0, 0.1) is 0 Å². The molecule has 0 aliphatic carbocycles. The van der Waals surface area contributed by atoms with Gasteiger partial charge in [0.25, 0.3) is 5.91 Å². The first kappa shape index (κ1) is 18.0. The number of benzene rings is 2. The highest BCUT2D eigenvalue weighted by Gasteiger charge is 2.31. The van der Waals surface area contributed by atoms with E-state index in [1.807, 2.05) is 0 Å². The van der Waals surface area contributed by atoms with E-state index in [2.05, 4.69) is 5.32 Å². The van der Waals surface area contributed by atoms with Gasteiger partial charge in [0, 0.05) is 0 Å². The van der Waals surface area contributed by atoms with Crippen molar-refractivity contribution in [1.29, 1.82) is 0 Å². The Morgan fingerprint density at radius 2 is 1.88 bits per heavy atom. The Balaban J connectivity index is 1.74. The molecule has 3 rings (SSSR count). The summed E-state index contributed by atoms with van der Waals surface area (Å²) in [5.74, 6) is -1.16. The summed E-state index contributed by atoms with van der Waals surface area (Å²) in [6, 6.07) is 12.9. The number of hydrogen-bond donors (Lipinski definition) is 3. The van der Waals surface area contributed by atoms with Gasteiger partial charge in [-0.05, 0) is 35.9 Å². The van der Waals surface area contributed by atoms with Crippen LogP contribution in [0.15, 0.2) is 53.4 Å². The number of carbonyl (C=O) groups is 2. The number of amides is 1. The number of phenolic OH excluding ortho intramolecular Hbond substituents is 1. The lowest BCUT2D eigenvalue weighted by Gasteiger charge is -2.17. The number of anilines is 1. The van der Waals surface area contributed by atoms with E-state index in [1.54, 1.807) is 36.4 Å². The van der Waals surface area contributed by atoms with Gasteiger partial charge in [-0.1, -0.05) is 48.2 Å². The van der Waals surface area contributed by atoms with E-state index >= 15 is 0 Å². The highest BCUT2D eigenvalue weighted by atomic mass is 32.2. The van der Waals surface area contributed by atoms with E-state index in [4.69, 9.17) is 12.2 Å². The van der Waals surface area contributed by atoms with Crippen LogP contribution >= 0.6 is 24.0 Å². The minimum Gasteiger partial charge on any atom is -0.508 e. The third-order valence-electron chi connectivity index (χ3n) is 3.65. The van der Waals surface area contributed by atoms with Crippen LogP contribution in [0.2, 0.25) is 0 Å². The van der Waals surface area contributed by atoms with Gasteiger partial charge in [0.15, 0.2) is 0 Å². The predicted octanol–water partition coefficient (Wildman–Crippen LogP) is 3.36. The Bertz CT molecular complexity index is 910. The summed E-state index contributed by atoms with van der Waals surface area (Å²) >= 11 is 6.44. The van der Waals surface area contributed by atoms with Gasteiger partial charge in [-0.25, -0.2) is 4.79 Å². The van der Waals surface area contributed by atoms with Crippen molar-refractivity contribution < 1.29 is 19.8 Å². The number of para-hydroxylation sites is 1. The molecule has 8 heteroatoms. The molecular weight excluding hydrogens is 372 g/mol. The third kappa shape index (κ3) is 3.87. The molecule has 0 bridgehead atoms. The molecule has 132 valence electrons. The van der Waals surface area contributed by atoms with Crippen molar-refractivity contribution in [3.63, 3.8) is 0 Å². The van der Waals surface area contributed by atoms with Crippen molar-refractivity contribution in [2.75, 3.05) is 12.0 Å². The maximum absolute atomic E-state index is 12.6. The molecule has 2 aromatic carbocycles. The number of carbonyl (C=O) groups excluding carboxylic acids is 1. The van der Waals surface area contributed by atoms with Crippen molar-refractivity contribution in [2.24, 2.45) is 0 Å². The molecule has 0 radical (unpaired) electrons. The van der Waals surface area contributed by atoms with E-state index in [-0.39, 0.29) is 23.9 Å². The van der Waals surface area contributed by atoms with Crippen LogP contribution in [0.1, 0.15) is 15.9 Å². The number of nitrogens with one attached hydrogen (secondary N) is 1. The zero-order valence-electron chi connectivity index (χ0n) is 13.4. The van der Waals surface area contributed by atoms with Gasteiger partial charge in [-0.2, -0.15) is 0 Å². The molecule has 6 nitrogen and oxygen atoms in total. The summed E-state index contributed by atoms with van der Waals surface area (Å²) < 4.78 is 0.389. The largest absolute Gasteiger partial charge is 0.508 e. The average molecular weight is 386 g/mol. The second-order valence-corrected chi connectivity index (χ2v) is 7.06. The SMILES string of the molecule is O=C(O)c1ccccc1NCN1C(=O)/C(=C\c2ccc(O)cc2)SC1=S. The Morgan fingerprint density at radius 1 is 1.19 bits per heavy atom. The quantitative estimate of drug-likeness (QED) is 0.536. The molecule has 1 saturated heterocycles. The molecule has 0 atom stereocenters.